The highest BCUT2D eigenvalue weighted by atomic mass is 19.1. The van der Waals surface area contributed by atoms with Crippen LogP contribution in [-0.2, 0) is 0 Å². The molecule has 0 radical (unpaired) electrons. The summed E-state index contributed by atoms with van der Waals surface area (Å²) in [6, 6.07) is 5.78. The van der Waals surface area contributed by atoms with Crippen molar-refractivity contribution in [2.24, 2.45) is 0 Å². The topological polar surface area (TPSA) is 18.5 Å². The molecule has 1 saturated heterocycles. The Labute approximate surface area is 128 Å². The highest BCUT2D eigenvalue weighted by Gasteiger charge is 2.26. The minimum Gasteiger partial charge on any atom is -0.367 e. The van der Waals surface area contributed by atoms with Crippen LogP contribution in [0.5, 0.6) is 0 Å². The number of halogens is 1. The van der Waals surface area contributed by atoms with E-state index in [2.05, 4.69) is 35.9 Å². The first-order valence-corrected chi connectivity index (χ1v) is 7.79. The summed E-state index contributed by atoms with van der Waals surface area (Å²) in [5.41, 5.74) is 1.92. The van der Waals surface area contributed by atoms with Crippen molar-refractivity contribution in [2.45, 2.75) is 39.3 Å². The molecule has 2 rings (SSSR count). The van der Waals surface area contributed by atoms with Crippen molar-refractivity contribution in [2.75, 3.05) is 38.1 Å². The summed E-state index contributed by atoms with van der Waals surface area (Å²) in [5, 5.41) is 3.14. The zero-order valence-electron chi connectivity index (χ0n) is 13.9. The molecule has 4 heteroatoms. The number of hydrogen-bond acceptors (Lipinski definition) is 3. The standard InChI is InChI=1S/C17H28FN3/c1-13(19-5)14-6-7-16(15(18)12-14)20-8-10-21(11-9-20)17(2,3)4/h6-7,12-13,19H,8-11H2,1-5H3. The Morgan fingerprint density at radius 2 is 1.76 bits per heavy atom. The van der Waals surface area contributed by atoms with E-state index in [0.29, 0.717) is 0 Å². The lowest BCUT2D eigenvalue weighted by Crippen LogP contribution is -2.53. The van der Waals surface area contributed by atoms with Crippen molar-refractivity contribution in [3.8, 4) is 0 Å². The van der Waals surface area contributed by atoms with Gasteiger partial charge in [0.05, 0.1) is 5.69 Å². The molecule has 3 nitrogen and oxygen atoms in total. The van der Waals surface area contributed by atoms with Gasteiger partial charge in [0.25, 0.3) is 0 Å². The third kappa shape index (κ3) is 3.74. The first-order chi connectivity index (χ1) is 9.82. The van der Waals surface area contributed by atoms with Crippen LogP contribution >= 0.6 is 0 Å². The SMILES string of the molecule is CNC(C)c1ccc(N2CCN(C(C)(C)C)CC2)c(F)c1. The average molecular weight is 293 g/mol. The van der Waals surface area contributed by atoms with Gasteiger partial charge < -0.3 is 10.2 Å². The van der Waals surface area contributed by atoms with E-state index in [4.69, 9.17) is 0 Å². The fourth-order valence-electron chi connectivity index (χ4n) is 2.83. The number of nitrogens with one attached hydrogen (secondary N) is 1. The molecule has 118 valence electrons. The van der Waals surface area contributed by atoms with Crippen LogP contribution in [0.25, 0.3) is 0 Å². The lowest BCUT2D eigenvalue weighted by Gasteiger charge is -2.43. The van der Waals surface area contributed by atoms with E-state index in [1.165, 1.54) is 0 Å². The van der Waals surface area contributed by atoms with Crippen LogP contribution in [-0.4, -0.2) is 43.7 Å². The van der Waals surface area contributed by atoms with Crippen LogP contribution in [0.3, 0.4) is 0 Å². The molecule has 0 bridgehead atoms. The van der Waals surface area contributed by atoms with E-state index in [1.807, 2.05) is 26.1 Å². The summed E-state index contributed by atoms with van der Waals surface area (Å²) in [6.45, 7) is 12.5. The third-order valence-electron chi connectivity index (χ3n) is 4.47. The van der Waals surface area contributed by atoms with Crippen LogP contribution in [0.15, 0.2) is 18.2 Å². The van der Waals surface area contributed by atoms with Gasteiger partial charge in [-0.2, -0.15) is 0 Å². The molecule has 1 N–H and O–H groups in total. The van der Waals surface area contributed by atoms with Gasteiger partial charge in [-0.25, -0.2) is 4.39 Å². The number of nitrogens with zero attached hydrogens (tertiary/aromatic N) is 2. The summed E-state index contributed by atoms with van der Waals surface area (Å²) < 4.78 is 14.4. The first kappa shape index (κ1) is 16.2. The number of anilines is 1. The average Bonchev–Trinajstić information content (AvgIpc) is 2.45. The number of rotatable bonds is 3. The van der Waals surface area contributed by atoms with Crippen molar-refractivity contribution in [3.63, 3.8) is 0 Å². The van der Waals surface area contributed by atoms with E-state index in [0.717, 1.165) is 37.4 Å². The van der Waals surface area contributed by atoms with Gasteiger partial charge in [0.2, 0.25) is 0 Å². The molecule has 1 aromatic carbocycles. The van der Waals surface area contributed by atoms with Gasteiger partial charge in [-0.3, -0.25) is 4.90 Å². The van der Waals surface area contributed by atoms with Crippen LogP contribution in [0.1, 0.15) is 39.3 Å². The van der Waals surface area contributed by atoms with Gasteiger partial charge in [0.15, 0.2) is 0 Å². The molecule has 1 fully saturated rings. The van der Waals surface area contributed by atoms with Gasteiger partial charge in [0, 0.05) is 37.8 Å². The normalized spacial score (nSPS) is 18.9. The molecular formula is C17H28FN3. The van der Waals surface area contributed by atoms with E-state index in [1.54, 1.807) is 6.07 Å². The van der Waals surface area contributed by atoms with Gasteiger partial charge in [-0.1, -0.05) is 6.07 Å². The molecular weight excluding hydrogens is 265 g/mol. The molecule has 21 heavy (non-hydrogen) atoms. The zero-order chi connectivity index (χ0) is 15.6. The van der Waals surface area contributed by atoms with E-state index in [-0.39, 0.29) is 17.4 Å². The Kier molecular flexibility index (Phi) is 4.89. The summed E-state index contributed by atoms with van der Waals surface area (Å²) in [6.07, 6.45) is 0. The fraction of sp³-hybridized carbons (Fsp3) is 0.647. The largest absolute Gasteiger partial charge is 0.367 e. The predicted molar refractivity (Wildman–Crippen MR) is 87.4 cm³/mol. The lowest BCUT2D eigenvalue weighted by atomic mass is 10.0. The lowest BCUT2D eigenvalue weighted by molar-refractivity contribution is 0.128. The molecule has 0 spiro atoms. The van der Waals surface area contributed by atoms with Crippen molar-refractivity contribution < 1.29 is 4.39 Å². The Hall–Kier alpha value is -1.13. The molecule has 1 aliphatic heterocycles. The molecule has 1 aromatic rings. The van der Waals surface area contributed by atoms with Crippen LogP contribution in [0.4, 0.5) is 10.1 Å². The molecule has 0 saturated carbocycles. The van der Waals surface area contributed by atoms with E-state index in [9.17, 15) is 4.39 Å². The molecule has 1 heterocycles. The van der Waals surface area contributed by atoms with E-state index >= 15 is 0 Å². The molecule has 0 amide bonds. The summed E-state index contributed by atoms with van der Waals surface area (Å²) in [4.78, 5) is 4.62. The maximum Gasteiger partial charge on any atom is 0.146 e. The van der Waals surface area contributed by atoms with Crippen molar-refractivity contribution in [1.82, 2.24) is 10.2 Å². The molecule has 0 aliphatic carbocycles. The van der Waals surface area contributed by atoms with Crippen molar-refractivity contribution in [3.05, 3.63) is 29.6 Å². The second kappa shape index (κ2) is 6.32. The molecule has 0 aromatic heterocycles. The van der Waals surface area contributed by atoms with Crippen LogP contribution in [0.2, 0.25) is 0 Å². The Balaban J connectivity index is 2.07. The predicted octanol–water partition coefficient (Wildman–Crippen LogP) is 3.03. The van der Waals surface area contributed by atoms with Gasteiger partial charge >= 0.3 is 0 Å². The smallest absolute Gasteiger partial charge is 0.146 e. The van der Waals surface area contributed by atoms with Gasteiger partial charge in [-0.05, 0) is 52.4 Å². The first-order valence-electron chi connectivity index (χ1n) is 7.79. The maximum atomic E-state index is 14.4. The van der Waals surface area contributed by atoms with Crippen molar-refractivity contribution in [1.29, 1.82) is 0 Å². The zero-order valence-corrected chi connectivity index (χ0v) is 13.9. The second-order valence-electron chi connectivity index (χ2n) is 6.87. The molecule has 1 atom stereocenters. The maximum absolute atomic E-state index is 14.4. The number of benzene rings is 1. The fourth-order valence-corrected chi connectivity index (χ4v) is 2.83. The Morgan fingerprint density at radius 1 is 1.14 bits per heavy atom. The minimum atomic E-state index is -0.112. The van der Waals surface area contributed by atoms with Gasteiger partial charge in [-0.15, -0.1) is 0 Å². The van der Waals surface area contributed by atoms with Gasteiger partial charge in [0.1, 0.15) is 5.82 Å². The monoisotopic (exact) mass is 293 g/mol. The van der Waals surface area contributed by atoms with E-state index < -0.39 is 0 Å². The van der Waals surface area contributed by atoms with Crippen LogP contribution < -0.4 is 10.2 Å². The minimum absolute atomic E-state index is 0.112. The quantitative estimate of drug-likeness (QED) is 0.924. The number of hydrogen-bond donors (Lipinski definition) is 1. The van der Waals surface area contributed by atoms with Crippen molar-refractivity contribution >= 4 is 5.69 Å². The molecule has 1 unspecified atom stereocenters. The highest BCUT2D eigenvalue weighted by molar-refractivity contribution is 5.50. The van der Waals surface area contributed by atoms with Crippen LogP contribution in [0, 0.1) is 5.82 Å². The molecule has 1 aliphatic rings. The third-order valence-corrected chi connectivity index (χ3v) is 4.47. The number of piperazine rings is 1. The Bertz CT molecular complexity index is 473. The summed E-state index contributed by atoms with van der Waals surface area (Å²) in [5.74, 6) is -0.112. The summed E-state index contributed by atoms with van der Waals surface area (Å²) in [7, 11) is 1.89. The second-order valence-corrected chi connectivity index (χ2v) is 6.87. The highest BCUT2D eigenvalue weighted by Crippen LogP contribution is 2.25. The summed E-state index contributed by atoms with van der Waals surface area (Å²) >= 11 is 0. The Morgan fingerprint density at radius 3 is 2.24 bits per heavy atom.